The van der Waals surface area contributed by atoms with Gasteiger partial charge in [-0.25, -0.2) is 4.79 Å². The molecule has 0 aliphatic carbocycles. The van der Waals surface area contributed by atoms with Crippen LogP contribution >= 0.6 is 0 Å². The van der Waals surface area contributed by atoms with Gasteiger partial charge in [-0.2, -0.15) is 0 Å². The number of nitrogens with two attached hydrogens (primary N) is 1. The maximum Gasteiger partial charge on any atom is 0.404 e. The summed E-state index contributed by atoms with van der Waals surface area (Å²) in [6.45, 7) is 2.39. The van der Waals surface area contributed by atoms with Crippen LogP contribution in [0.4, 0.5) is 4.79 Å². The van der Waals surface area contributed by atoms with Gasteiger partial charge in [-0.1, -0.05) is 0 Å². The van der Waals surface area contributed by atoms with Crippen molar-refractivity contribution in [3.8, 4) is 0 Å². The largest absolute Gasteiger partial charge is 0.445 e. The topological polar surface area (TPSA) is 64.3 Å². The van der Waals surface area contributed by atoms with Crippen LogP contribution in [-0.4, -0.2) is 25.8 Å². The summed E-state index contributed by atoms with van der Waals surface area (Å²) < 4.78 is 4.57. The van der Waals surface area contributed by atoms with Crippen LogP contribution in [0.1, 0.15) is 6.92 Å². The lowest BCUT2D eigenvalue weighted by Crippen LogP contribution is -2.28. The summed E-state index contributed by atoms with van der Waals surface area (Å²) in [7, 11) is 1.78. The summed E-state index contributed by atoms with van der Waals surface area (Å²) in [5, 5.41) is 2.84. The van der Waals surface area contributed by atoms with E-state index in [0.29, 0.717) is 6.54 Å². The molecule has 0 heterocycles. The molecular formula is C5H12N2O2. The fraction of sp³-hybridized carbons (Fsp3) is 0.800. The highest BCUT2D eigenvalue weighted by Crippen LogP contribution is 1.85. The smallest absolute Gasteiger partial charge is 0.404 e. The summed E-state index contributed by atoms with van der Waals surface area (Å²) >= 11 is 0. The molecule has 0 saturated heterocycles. The van der Waals surface area contributed by atoms with Crippen molar-refractivity contribution in [1.82, 2.24) is 5.32 Å². The predicted octanol–water partition coefficient (Wildman–Crippen LogP) is -0.310. The fourth-order valence-corrected chi connectivity index (χ4v) is 0.527. The predicted molar refractivity (Wildman–Crippen MR) is 34.1 cm³/mol. The Morgan fingerprint density at radius 3 is 2.78 bits per heavy atom. The number of primary amides is 1. The van der Waals surface area contributed by atoms with E-state index < -0.39 is 6.09 Å². The molecule has 0 aliphatic heterocycles. The van der Waals surface area contributed by atoms with Gasteiger partial charge in [0.1, 0.15) is 6.10 Å². The van der Waals surface area contributed by atoms with Gasteiger partial charge in [-0.3, -0.25) is 0 Å². The molecule has 54 valence electrons. The molecule has 4 heteroatoms. The number of hydrogen-bond acceptors (Lipinski definition) is 3. The van der Waals surface area contributed by atoms with E-state index in [0.717, 1.165) is 0 Å². The number of amides is 1. The van der Waals surface area contributed by atoms with Gasteiger partial charge >= 0.3 is 6.09 Å². The average Bonchev–Trinajstić information content (AvgIpc) is 1.63. The average molecular weight is 132 g/mol. The van der Waals surface area contributed by atoms with Gasteiger partial charge in [0.05, 0.1) is 0 Å². The molecule has 9 heavy (non-hydrogen) atoms. The third-order valence-corrected chi connectivity index (χ3v) is 0.809. The number of likely N-dealkylation sites (N-methyl/N-ethyl adjacent to an activating group) is 1. The molecular weight excluding hydrogens is 120 g/mol. The van der Waals surface area contributed by atoms with Crippen molar-refractivity contribution in [1.29, 1.82) is 0 Å². The van der Waals surface area contributed by atoms with Crippen LogP contribution in [0.3, 0.4) is 0 Å². The van der Waals surface area contributed by atoms with E-state index in [1.807, 2.05) is 0 Å². The van der Waals surface area contributed by atoms with E-state index in [1.54, 1.807) is 14.0 Å². The van der Waals surface area contributed by atoms with E-state index in [9.17, 15) is 4.79 Å². The Bertz CT molecular complexity index is 95.0. The SMILES string of the molecule is CNCC(C)OC(N)=O. The molecule has 0 saturated carbocycles. The van der Waals surface area contributed by atoms with Crippen LogP contribution in [-0.2, 0) is 4.74 Å². The van der Waals surface area contributed by atoms with Crippen molar-refractivity contribution in [3.05, 3.63) is 0 Å². The number of nitrogens with one attached hydrogen (secondary N) is 1. The van der Waals surface area contributed by atoms with Crippen molar-refractivity contribution in [3.63, 3.8) is 0 Å². The molecule has 1 atom stereocenters. The molecule has 0 spiro atoms. The minimum absolute atomic E-state index is 0.146. The molecule has 0 radical (unpaired) electrons. The molecule has 4 nitrogen and oxygen atoms in total. The van der Waals surface area contributed by atoms with Gasteiger partial charge in [-0.15, -0.1) is 0 Å². The normalized spacial score (nSPS) is 12.7. The Kier molecular flexibility index (Phi) is 3.79. The van der Waals surface area contributed by atoms with Gasteiger partial charge in [0.15, 0.2) is 0 Å². The van der Waals surface area contributed by atoms with Crippen molar-refractivity contribution in [2.24, 2.45) is 5.73 Å². The Hall–Kier alpha value is -0.770. The second-order valence-electron chi connectivity index (χ2n) is 1.81. The first-order chi connectivity index (χ1) is 4.16. The second-order valence-corrected chi connectivity index (χ2v) is 1.81. The van der Waals surface area contributed by atoms with Gasteiger partial charge in [0, 0.05) is 6.54 Å². The minimum atomic E-state index is -0.724. The number of hydrogen-bond donors (Lipinski definition) is 2. The van der Waals surface area contributed by atoms with Crippen molar-refractivity contribution in [2.75, 3.05) is 13.6 Å². The lowest BCUT2D eigenvalue weighted by atomic mass is 10.4. The number of rotatable bonds is 3. The molecule has 0 aliphatic rings. The summed E-state index contributed by atoms with van der Waals surface area (Å²) in [5.74, 6) is 0. The molecule has 3 N–H and O–H groups in total. The summed E-state index contributed by atoms with van der Waals surface area (Å²) in [4.78, 5) is 10.1. The van der Waals surface area contributed by atoms with E-state index in [-0.39, 0.29) is 6.10 Å². The zero-order valence-corrected chi connectivity index (χ0v) is 5.68. The van der Waals surface area contributed by atoms with E-state index >= 15 is 0 Å². The zero-order valence-electron chi connectivity index (χ0n) is 5.68. The van der Waals surface area contributed by atoms with Crippen molar-refractivity contribution >= 4 is 6.09 Å². The van der Waals surface area contributed by atoms with E-state index in [4.69, 9.17) is 5.73 Å². The summed E-state index contributed by atoms with van der Waals surface area (Å²) in [5.41, 5.74) is 4.73. The van der Waals surface area contributed by atoms with E-state index in [2.05, 4.69) is 10.1 Å². The number of carbonyl (C=O) groups excluding carboxylic acids is 1. The lowest BCUT2D eigenvalue weighted by Gasteiger charge is -2.08. The standard InChI is InChI=1S/C5H12N2O2/c1-4(3-7-2)9-5(6)8/h4,7H,3H2,1-2H3,(H2,6,8). The Morgan fingerprint density at radius 1 is 1.89 bits per heavy atom. The maximum atomic E-state index is 10.1. The highest BCUT2D eigenvalue weighted by molar-refractivity contribution is 5.64. The third-order valence-electron chi connectivity index (χ3n) is 0.809. The number of ether oxygens (including phenoxy) is 1. The Balaban J connectivity index is 3.26. The fourth-order valence-electron chi connectivity index (χ4n) is 0.527. The summed E-state index contributed by atoms with van der Waals surface area (Å²) in [6.07, 6.45) is -0.870. The van der Waals surface area contributed by atoms with Crippen LogP contribution < -0.4 is 11.1 Å². The van der Waals surface area contributed by atoms with E-state index in [1.165, 1.54) is 0 Å². The highest BCUT2D eigenvalue weighted by atomic mass is 16.6. The summed E-state index contributed by atoms with van der Waals surface area (Å²) in [6, 6.07) is 0. The molecule has 0 bridgehead atoms. The second kappa shape index (κ2) is 4.14. The van der Waals surface area contributed by atoms with Gasteiger partial charge < -0.3 is 15.8 Å². The lowest BCUT2D eigenvalue weighted by molar-refractivity contribution is 0.116. The molecule has 0 rings (SSSR count). The Labute approximate surface area is 54.4 Å². The molecule has 0 aromatic heterocycles. The first kappa shape index (κ1) is 8.23. The van der Waals surface area contributed by atoms with Gasteiger partial charge in [0.2, 0.25) is 0 Å². The Morgan fingerprint density at radius 2 is 2.44 bits per heavy atom. The quantitative estimate of drug-likeness (QED) is 0.553. The molecule has 0 aromatic carbocycles. The van der Waals surface area contributed by atoms with Crippen LogP contribution in [0.25, 0.3) is 0 Å². The van der Waals surface area contributed by atoms with Gasteiger partial charge in [-0.05, 0) is 14.0 Å². The monoisotopic (exact) mass is 132 g/mol. The van der Waals surface area contributed by atoms with Crippen LogP contribution in [0.5, 0.6) is 0 Å². The number of carbonyl (C=O) groups is 1. The molecule has 0 aromatic rings. The van der Waals surface area contributed by atoms with Crippen molar-refractivity contribution in [2.45, 2.75) is 13.0 Å². The molecule has 1 unspecified atom stereocenters. The third kappa shape index (κ3) is 5.10. The van der Waals surface area contributed by atoms with Crippen LogP contribution in [0.2, 0.25) is 0 Å². The van der Waals surface area contributed by atoms with Gasteiger partial charge in [0.25, 0.3) is 0 Å². The first-order valence-electron chi connectivity index (χ1n) is 2.77. The minimum Gasteiger partial charge on any atom is -0.445 e. The highest BCUT2D eigenvalue weighted by Gasteiger charge is 2.01. The maximum absolute atomic E-state index is 10.1. The first-order valence-corrected chi connectivity index (χ1v) is 2.77. The van der Waals surface area contributed by atoms with Crippen molar-refractivity contribution < 1.29 is 9.53 Å². The molecule has 1 amide bonds. The van der Waals surface area contributed by atoms with Crippen LogP contribution in [0, 0.1) is 0 Å². The zero-order chi connectivity index (χ0) is 7.28. The molecule has 0 fully saturated rings. The van der Waals surface area contributed by atoms with Crippen LogP contribution in [0.15, 0.2) is 0 Å².